The van der Waals surface area contributed by atoms with Crippen LogP contribution >= 0.6 is 11.8 Å². The van der Waals surface area contributed by atoms with Gasteiger partial charge in [-0.2, -0.15) is 8.78 Å². The number of alkyl halides is 2. The van der Waals surface area contributed by atoms with Crippen molar-refractivity contribution in [2.75, 3.05) is 12.4 Å². The molecule has 0 unspecified atom stereocenters. The average Bonchev–Trinajstić information content (AvgIpc) is 2.20. The minimum Gasteiger partial charge on any atom is -0.453 e. The highest BCUT2D eigenvalue weighted by atomic mass is 32.2. The Labute approximate surface area is 89.8 Å². The predicted octanol–water partition coefficient (Wildman–Crippen LogP) is 3.18. The summed E-state index contributed by atoms with van der Waals surface area (Å²) >= 11 is 0.454. The van der Waals surface area contributed by atoms with Crippen molar-refractivity contribution in [1.82, 2.24) is 0 Å². The van der Waals surface area contributed by atoms with Crippen LogP contribution in [0.4, 0.5) is 19.3 Å². The van der Waals surface area contributed by atoms with E-state index in [0.717, 1.165) is 0 Å². The second-order valence-electron chi connectivity index (χ2n) is 2.52. The molecule has 0 aliphatic heterocycles. The monoisotopic (exact) mass is 233 g/mol. The Bertz CT molecular complexity index is 329. The van der Waals surface area contributed by atoms with Crippen molar-refractivity contribution in [2.45, 2.75) is 10.7 Å². The number of amides is 1. The summed E-state index contributed by atoms with van der Waals surface area (Å²) in [5.74, 6) is -2.44. The first-order chi connectivity index (χ1) is 7.11. The summed E-state index contributed by atoms with van der Waals surface area (Å²) in [6.07, 6.45) is -0.593. The fraction of sp³-hybridized carbons (Fsp3) is 0.222. The van der Waals surface area contributed by atoms with Gasteiger partial charge in [0.15, 0.2) is 0 Å². The van der Waals surface area contributed by atoms with E-state index in [4.69, 9.17) is 0 Å². The number of benzene rings is 1. The molecule has 0 saturated carbocycles. The van der Waals surface area contributed by atoms with Crippen LogP contribution in [0.3, 0.4) is 0 Å². The fourth-order valence-electron chi connectivity index (χ4n) is 0.889. The summed E-state index contributed by atoms with van der Waals surface area (Å²) in [6, 6.07) is 6.06. The van der Waals surface area contributed by atoms with Gasteiger partial charge in [-0.3, -0.25) is 5.32 Å². The molecule has 6 heteroatoms. The SMILES string of the molecule is COC(=O)Nc1ccc(SC(F)F)cc1. The maximum Gasteiger partial charge on any atom is 0.411 e. The van der Waals surface area contributed by atoms with Crippen LogP contribution in [0.15, 0.2) is 29.2 Å². The van der Waals surface area contributed by atoms with Crippen molar-refractivity contribution in [3.8, 4) is 0 Å². The van der Waals surface area contributed by atoms with Crippen LogP contribution in [-0.4, -0.2) is 19.0 Å². The molecule has 82 valence electrons. The fourth-order valence-corrected chi connectivity index (χ4v) is 1.39. The highest BCUT2D eigenvalue weighted by Crippen LogP contribution is 2.26. The number of carbonyl (C=O) groups is 1. The first kappa shape index (κ1) is 11.8. The zero-order valence-electron chi connectivity index (χ0n) is 7.87. The highest BCUT2D eigenvalue weighted by molar-refractivity contribution is 7.99. The van der Waals surface area contributed by atoms with Crippen molar-refractivity contribution in [3.63, 3.8) is 0 Å². The van der Waals surface area contributed by atoms with Crippen molar-refractivity contribution >= 4 is 23.5 Å². The summed E-state index contributed by atoms with van der Waals surface area (Å²) in [7, 11) is 1.25. The summed E-state index contributed by atoms with van der Waals surface area (Å²) in [6.45, 7) is 0. The zero-order valence-corrected chi connectivity index (χ0v) is 8.68. The van der Waals surface area contributed by atoms with E-state index in [1.165, 1.54) is 31.4 Å². The highest BCUT2D eigenvalue weighted by Gasteiger charge is 2.05. The summed E-state index contributed by atoms with van der Waals surface area (Å²) in [5.41, 5.74) is 0.500. The first-order valence-electron chi connectivity index (χ1n) is 4.01. The number of anilines is 1. The van der Waals surface area contributed by atoms with Crippen molar-refractivity contribution in [1.29, 1.82) is 0 Å². The Hall–Kier alpha value is -1.30. The number of methoxy groups -OCH3 is 1. The lowest BCUT2D eigenvalue weighted by molar-refractivity contribution is 0.187. The lowest BCUT2D eigenvalue weighted by Gasteiger charge is -2.04. The molecular weight excluding hydrogens is 224 g/mol. The Kier molecular flexibility index (Phi) is 4.36. The van der Waals surface area contributed by atoms with Crippen LogP contribution in [0.25, 0.3) is 0 Å². The van der Waals surface area contributed by atoms with Crippen molar-refractivity contribution in [2.24, 2.45) is 0 Å². The number of rotatable bonds is 3. The van der Waals surface area contributed by atoms with E-state index >= 15 is 0 Å². The first-order valence-corrected chi connectivity index (χ1v) is 4.89. The van der Waals surface area contributed by atoms with Gasteiger partial charge in [0, 0.05) is 10.6 Å². The molecule has 0 heterocycles. The molecule has 0 saturated heterocycles. The van der Waals surface area contributed by atoms with Crippen LogP contribution in [-0.2, 0) is 4.74 Å². The minimum atomic E-state index is -2.44. The van der Waals surface area contributed by atoms with Gasteiger partial charge in [-0.1, -0.05) is 11.8 Å². The van der Waals surface area contributed by atoms with E-state index < -0.39 is 11.9 Å². The van der Waals surface area contributed by atoms with Crippen LogP contribution in [0.1, 0.15) is 0 Å². The van der Waals surface area contributed by atoms with Gasteiger partial charge in [-0.15, -0.1) is 0 Å². The third-order valence-corrected chi connectivity index (χ3v) is 2.23. The molecule has 0 bridgehead atoms. The summed E-state index contributed by atoms with van der Waals surface area (Å²) in [5, 5.41) is 2.41. The van der Waals surface area contributed by atoms with Gasteiger partial charge in [0.2, 0.25) is 0 Å². The third-order valence-electron chi connectivity index (χ3n) is 1.51. The molecule has 1 N–H and O–H groups in total. The summed E-state index contributed by atoms with van der Waals surface area (Å²) in [4.78, 5) is 11.2. The van der Waals surface area contributed by atoms with Crippen LogP contribution in [0.2, 0.25) is 0 Å². The Morgan fingerprint density at radius 3 is 2.47 bits per heavy atom. The van der Waals surface area contributed by atoms with Gasteiger partial charge in [0.1, 0.15) is 0 Å². The van der Waals surface area contributed by atoms with Crippen LogP contribution in [0.5, 0.6) is 0 Å². The Balaban J connectivity index is 2.60. The largest absolute Gasteiger partial charge is 0.453 e. The van der Waals surface area contributed by atoms with Gasteiger partial charge in [-0.25, -0.2) is 4.79 Å². The molecule has 0 radical (unpaired) electrons. The molecule has 0 aromatic heterocycles. The molecule has 0 aliphatic carbocycles. The maximum atomic E-state index is 12.0. The van der Waals surface area contributed by atoms with Crippen LogP contribution in [0, 0.1) is 0 Å². The van der Waals surface area contributed by atoms with Gasteiger partial charge in [0.05, 0.1) is 7.11 Å². The second-order valence-corrected chi connectivity index (χ2v) is 3.58. The molecule has 1 aromatic rings. The molecule has 0 spiro atoms. The molecule has 1 aromatic carbocycles. The Morgan fingerprint density at radius 2 is 2.00 bits per heavy atom. The molecule has 15 heavy (non-hydrogen) atoms. The number of nitrogens with one attached hydrogen (secondary N) is 1. The van der Waals surface area contributed by atoms with E-state index in [1.54, 1.807) is 0 Å². The smallest absolute Gasteiger partial charge is 0.411 e. The minimum absolute atomic E-state index is 0.445. The number of ether oxygens (including phenoxy) is 1. The molecule has 0 aliphatic rings. The van der Waals surface area contributed by atoms with Crippen molar-refractivity contribution < 1.29 is 18.3 Å². The molecule has 1 rings (SSSR count). The maximum absolute atomic E-state index is 12.0. The van der Waals surface area contributed by atoms with E-state index in [0.29, 0.717) is 22.3 Å². The molecular formula is C9H9F2NO2S. The van der Waals surface area contributed by atoms with Gasteiger partial charge >= 0.3 is 6.09 Å². The van der Waals surface area contributed by atoms with E-state index in [-0.39, 0.29) is 0 Å². The molecule has 3 nitrogen and oxygen atoms in total. The van der Waals surface area contributed by atoms with Crippen molar-refractivity contribution in [3.05, 3.63) is 24.3 Å². The topological polar surface area (TPSA) is 38.3 Å². The second kappa shape index (κ2) is 5.55. The molecule has 0 atom stereocenters. The van der Waals surface area contributed by atoms with E-state index in [1.807, 2.05) is 0 Å². The number of hydrogen-bond acceptors (Lipinski definition) is 3. The molecule has 1 amide bonds. The standard InChI is InChI=1S/C9H9F2NO2S/c1-14-9(13)12-6-2-4-7(5-3-6)15-8(10)11/h2-5,8H,1H3,(H,12,13). The number of hydrogen-bond donors (Lipinski definition) is 1. The number of carbonyl (C=O) groups excluding carboxylic acids is 1. The van der Waals surface area contributed by atoms with Crippen LogP contribution < -0.4 is 5.32 Å². The number of halogens is 2. The van der Waals surface area contributed by atoms with Gasteiger partial charge < -0.3 is 4.74 Å². The Morgan fingerprint density at radius 1 is 1.40 bits per heavy atom. The van der Waals surface area contributed by atoms with E-state index in [9.17, 15) is 13.6 Å². The lowest BCUT2D eigenvalue weighted by atomic mass is 10.3. The predicted molar refractivity (Wildman–Crippen MR) is 54.3 cm³/mol. The zero-order chi connectivity index (χ0) is 11.3. The summed E-state index contributed by atoms with van der Waals surface area (Å²) < 4.78 is 28.3. The normalized spacial score (nSPS) is 10.1. The van der Waals surface area contributed by atoms with Gasteiger partial charge in [-0.05, 0) is 24.3 Å². The van der Waals surface area contributed by atoms with E-state index in [2.05, 4.69) is 10.1 Å². The van der Waals surface area contributed by atoms with Gasteiger partial charge in [0.25, 0.3) is 5.76 Å². The number of thioether (sulfide) groups is 1. The molecule has 0 fully saturated rings. The average molecular weight is 233 g/mol. The third kappa shape index (κ3) is 4.16. The quantitative estimate of drug-likeness (QED) is 0.815. The lowest BCUT2D eigenvalue weighted by Crippen LogP contribution is -2.10.